The SMILES string of the molecule is CCCc1ccc(-c2ccc(-c3ccc(CCCC(=O)c4ccc(OCC)c(C(F)F)c4O)cc3)cc2)cc1. The minimum absolute atomic E-state index is 0.0931. The Kier molecular flexibility index (Phi) is 9.48. The van der Waals surface area contributed by atoms with Gasteiger partial charge in [0.05, 0.1) is 12.2 Å². The second-order valence-electron chi connectivity index (χ2n) is 9.61. The highest BCUT2D eigenvalue weighted by molar-refractivity contribution is 5.99. The number of carbonyl (C=O) groups is 1. The summed E-state index contributed by atoms with van der Waals surface area (Å²) in [5.74, 6) is -1.16. The van der Waals surface area contributed by atoms with Crippen molar-refractivity contribution in [2.45, 2.75) is 52.4 Å². The maximum atomic E-state index is 13.5. The molecule has 202 valence electrons. The number of ether oxygens (including phenoxy) is 1. The monoisotopic (exact) mass is 528 g/mol. The van der Waals surface area contributed by atoms with E-state index in [9.17, 15) is 18.7 Å². The van der Waals surface area contributed by atoms with Crippen LogP contribution < -0.4 is 4.74 Å². The summed E-state index contributed by atoms with van der Waals surface area (Å²) >= 11 is 0. The number of aryl methyl sites for hydroxylation is 2. The number of rotatable bonds is 12. The fraction of sp³-hybridized carbons (Fsp3) is 0.265. The van der Waals surface area contributed by atoms with Gasteiger partial charge in [0, 0.05) is 6.42 Å². The smallest absolute Gasteiger partial charge is 0.271 e. The molecule has 0 saturated heterocycles. The molecule has 4 aromatic carbocycles. The van der Waals surface area contributed by atoms with E-state index < -0.39 is 17.7 Å². The molecule has 5 heteroatoms. The number of Topliss-reactive ketones (excluding diaryl/α,β-unsaturated/α-hetero) is 1. The molecule has 0 bridgehead atoms. The number of hydrogen-bond donors (Lipinski definition) is 1. The average molecular weight is 529 g/mol. The van der Waals surface area contributed by atoms with Gasteiger partial charge in [0.15, 0.2) is 5.78 Å². The number of phenolic OH excluding ortho intramolecular Hbond substituents is 1. The van der Waals surface area contributed by atoms with Crippen LogP contribution in [0.3, 0.4) is 0 Å². The van der Waals surface area contributed by atoms with Crippen molar-refractivity contribution in [3.05, 3.63) is 107 Å². The molecule has 0 aliphatic rings. The standard InChI is InChI=1S/C34H34F2O3/c1-3-6-23-9-13-25(14-10-23)27-17-19-28(20-18-27)26-15-11-24(12-16-26)7-5-8-30(37)29-21-22-31(39-4-2)32(33(29)38)34(35)36/h9-22,34,38H,3-8H2,1-2H3. The molecule has 0 aliphatic heterocycles. The minimum Gasteiger partial charge on any atom is -0.507 e. The number of hydrogen-bond acceptors (Lipinski definition) is 3. The Bertz CT molecular complexity index is 1380. The van der Waals surface area contributed by atoms with Crippen molar-refractivity contribution >= 4 is 5.78 Å². The lowest BCUT2D eigenvalue weighted by molar-refractivity contribution is 0.0976. The lowest BCUT2D eigenvalue weighted by atomic mass is 9.97. The maximum absolute atomic E-state index is 13.5. The zero-order chi connectivity index (χ0) is 27.8. The van der Waals surface area contributed by atoms with Crippen molar-refractivity contribution in [1.82, 2.24) is 0 Å². The molecule has 4 rings (SSSR count). The van der Waals surface area contributed by atoms with Crippen molar-refractivity contribution in [3.8, 4) is 33.8 Å². The third-order valence-electron chi connectivity index (χ3n) is 6.86. The topological polar surface area (TPSA) is 46.5 Å². The molecule has 4 aromatic rings. The van der Waals surface area contributed by atoms with E-state index in [2.05, 4.69) is 67.6 Å². The molecule has 0 heterocycles. The van der Waals surface area contributed by atoms with Crippen LogP contribution in [0.4, 0.5) is 8.78 Å². The molecule has 1 N–H and O–H groups in total. The Hall–Kier alpha value is -3.99. The summed E-state index contributed by atoms with van der Waals surface area (Å²) in [5.41, 5.74) is 6.35. The molecule has 0 fully saturated rings. The van der Waals surface area contributed by atoms with Gasteiger partial charge in [-0.15, -0.1) is 0 Å². The number of carbonyl (C=O) groups excluding carboxylic acids is 1. The largest absolute Gasteiger partial charge is 0.507 e. The fourth-order valence-electron chi connectivity index (χ4n) is 4.77. The van der Waals surface area contributed by atoms with E-state index in [1.807, 2.05) is 12.1 Å². The predicted octanol–water partition coefficient (Wildman–Crippen LogP) is 9.22. The molecule has 0 spiro atoms. The van der Waals surface area contributed by atoms with E-state index in [0.29, 0.717) is 12.8 Å². The molecule has 0 atom stereocenters. The number of alkyl halides is 2. The van der Waals surface area contributed by atoms with Gasteiger partial charge in [-0.05, 0) is 71.7 Å². The first-order chi connectivity index (χ1) is 18.9. The second kappa shape index (κ2) is 13.2. The van der Waals surface area contributed by atoms with Gasteiger partial charge in [-0.2, -0.15) is 0 Å². The second-order valence-corrected chi connectivity index (χ2v) is 9.61. The highest BCUT2D eigenvalue weighted by Gasteiger charge is 2.24. The van der Waals surface area contributed by atoms with Gasteiger partial charge in [0.1, 0.15) is 17.1 Å². The van der Waals surface area contributed by atoms with E-state index in [-0.39, 0.29) is 30.1 Å². The Morgan fingerprint density at radius 3 is 1.69 bits per heavy atom. The van der Waals surface area contributed by atoms with Gasteiger partial charge in [0.2, 0.25) is 0 Å². The first-order valence-electron chi connectivity index (χ1n) is 13.5. The third kappa shape index (κ3) is 6.91. The molecule has 0 aromatic heterocycles. The number of benzene rings is 4. The Morgan fingerprint density at radius 1 is 0.744 bits per heavy atom. The van der Waals surface area contributed by atoms with E-state index in [0.717, 1.165) is 29.5 Å². The minimum atomic E-state index is -2.94. The quantitative estimate of drug-likeness (QED) is 0.186. The number of ketones is 1. The van der Waals surface area contributed by atoms with Gasteiger partial charge < -0.3 is 9.84 Å². The summed E-state index contributed by atoms with van der Waals surface area (Å²) < 4.78 is 32.1. The Balaban J connectivity index is 1.34. The number of aromatic hydroxyl groups is 1. The lowest BCUT2D eigenvalue weighted by Crippen LogP contribution is -2.05. The lowest BCUT2D eigenvalue weighted by Gasteiger charge is -2.14. The van der Waals surface area contributed by atoms with Gasteiger partial charge >= 0.3 is 0 Å². The number of phenols is 1. The molecular weight excluding hydrogens is 494 g/mol. The average Bonchev–Trinajstić information content (AvgIpc) is 2.94. The van der Waals surface area contributed by atoms with Gasteiger partial charge in [-0.25, -0.2) is 8.78 Å². The third-order valence-corrected chi connectivity index (χ3v) is 6.86. The molecule has 0 saturated carbocycles. The molecule has 3 nitrogen and oxygen atoms in total. The highest BCUT2D eigenvalue weighted by atomic mass is 19.3. The fourth-order valence-corrected chi connectivity index (χ4v) is 4.77. The number of halogens is 2. The summed E-state index contributed by atoms with van der Waals surface area (Å²) in [6, 6.07) is 28.2. The van der Waals surface area contributed by atoms with E-state index in [4.69, 9.17) is 4.74 Å². The predicted molar refractivity (Wildman–Crippen MR) is 153 cm³/mol. The summed E-state index contributed by atoms with van der Waals surface area (Å²) in [5, 5.41) is 10.3. The Labute approximate surface area is 229 Å². The van der Waals surface area contributed by atoms with Crippen LogP contribution in [0.15, 0.2) is 84.9 Å². The van der Waals surface area contributed by atoms with Crippen molar-refractivity contribution in [2.75, 3.05) is 6.61 Å². The van der Waals surface area contributed by atoms with Gasteiger partial charge in [-0.1, -0.05) is 86.1 Å². The van der Waals surface area contributed by atoms with Crippen molar-refractivity contribution < 1.29 is 23.4 Å². The highest BCUT2D eigenvalue weighted by Crippen LogP contribution is 2.39. The summed E-state index contributed by atoms with van der Waals surface area (Å²) in [7, 11) is 0. The van der Waals surface area contributed by atoms with E-state index in [1.54, 1.807) is 6.92 Å². The molecular formula is C34H34F2O3. The summed E-state index contributed by atoms with van der Waals surface area (Å²) in [6.07, 6.45) is 0.654. The van der Waals surface area contributed by atoms with Crippen LogP contribution in [0.25, 0.3) is 22.3 Å². The summed E-state index contributed by atoms with van der Waals surface area (Å²) in [4.78, 5) is 12.7. The Morgan fingerprint density at radius 2 is 1.23 bits per heavy atom. The van der Waals surface area contributed by atoms with Crippen molar-refractivity contribution in [3.63, 3.8) is 0 Å². The maximum Gasteiger partial charge on any atom is 0.271 e. The van der Waals surface area contributed by atoms with E-state index in [1.165, 1.54) is 28.8 Å². The molecule has 39 heavy (non-hydrogen) atoms. The first kappa shape index (κ1) is 28.0. The van der Waals surface area contributed by atoms with Crippen LogP contribution in [0.5, 0.6) is 11.5 Å². The van der Waals surface area contributed by atoms with E-state index >= 15 is 0 Å². The van der Waals surface area contributed by atoms with Crippen LogP contribution >= 0.6 is 0 Å². The van der Waals surface area contributed by atoms with Crippen LogP contribution in [0, 0.1) is 0 Å². The molecule has 0 amide bonds. The van der Waals surface area contributed by atoms with Crippen molar-refractivity contribution in [2.24, 2.45) is 0 Å². The zero-order valence-corrected chi connectivity index (χ0v) is 22.4. The van der Waals surface area contributed by atoms with Gasteiger partial charge in [0.25, 0.3) is 6.43 Å². The van der Waals surface area contributed by atoms with Gasteiger partial charge in [-0.3, -0.25) is 4.79 Å². The zero-order valence-electron chi connectivity index (χ0n) is 22.4. The molecule has 0 aliphatic carbocycles. The first-order valence-corrected chi connectivity index (χ1v) is 13.5. The normalized spacial score (nSPS) is 11.1. The molecule has 0 radical (unpaired) electrons. The van der Waals surface area contributed by atoms with Crippen LogP contribution in [-0.4, -0.2) is 17.5 Å². The summed E-state index contributed by atoms with van der Waals surface area (Å²) in [6.45, 7) is 4.04. The van der Waals surface area contributed by atoms with Crippen LogP contribution in [0.1, 0.15) is 66.6 Å². The van der Waals surface area contributed by atoms with Crippen LogP contribution in [-0.2, 0) is 12.8 Å². The van der Waals surface area contributed by atoms with Crippen LogP contribution in [0.2, 0.25) is 0 Å². The molecule has 0 unspecified atom stereocenters. The van der Waals surface area contributed by atoms with Crippen molar-refractivity contribution in [1.29, 1.82) is 0 Å².